The highest BCUT2D eigenvalue weighted by Crippen LogP contribution is 2.37. The van der Waals surface area contributed by atoms with Crippen LogP contribution in [0.2, 0.25) is 0 Å². The molecule has 2 heterocycles. The van der Waals surface area contributed by atoms with E-state index in [1.807, 2.05) is 113 Å². The van der Waals surface area contributed by atoms with Crippen LogP contribution in [0, 0.1) is 22.7 Å². The van der Waals surface area contributed by atoms with Crippen LogP contribution in [0.4, 0.5) is 16.2 Å². The summed E-state index contributed by atoms with van der Waals surface area (Å²) in [5.74, 6) is 1.63. The normalized spacial score (nSPS) is 9.96. The molecule has 0 aliphatic rings. The number of ether oxygens (including phenoxy) is 2. The van der Waals surface area contributed by atoms with E-state index >= 15 is 0 Å². The van der Waals surface area contributed by atoms with Gasteiger partial charge in [-0.25, -0.2) is 14.6 Å². The van der Waals surface area contributed by atoms with Crippen LogP contribution >= 0.6 is 0 Å². The van der Waals surface area contributed by atoms with Gasteiger partial charge in [0.1, 0.15) is 23.6 Å². The average molecular weight is 769 g/mol. The number of aromatic nitrogens is 2. The molecule has 4 N–H and O–H groups in total. The van der Waals surface area contributed by atoms with Crippen molar-refractivity contribution in [1.29, 1.82) is 10.5 Å². The number of urea groups is 1. The second-order valence-corrected chi connectivity index (χ2v) is 12.1. The first-order valence-corrected chi connectivity index (χ1v) is 18.7. The summed E-state index contributed by atoms with van der Waals surface area (Å²) < 4.78 is 15.3. The molecule has 0 fully saturated rings. The molecule has 0 saturated carbocycles. The summed E-state index contributed by atoms with van der Waals surface area (Å²) in [5.41, 5.74) is 14.3. The number of anilines is 2. The number of hydrogen-bond donors (Lipinski definition) is 3. The first kappa shape index (κ1) is 44.4. The van der Waals surface area contributed by atoms with Crippen molar-refractivity contribution in [3.8, 4) is 46.2 Å². The monoisotopic (exact) mass is 768 g/mol. The molecule has 0 aliphatic heterocycles. The standard InChI is InChI=1S/C22H24N4O2.C19H19N3O.C3H5NO.CH4/c1-4-24-22(27)25-16-9-12-18-19(14-23)21(26(5-2)20(18)13-16)15-7-10-17(11-8-15)28-6-3;1-3-22-18-11-14(21)7-10-16(18)17(12-20)19(22)13-5-8-15(9-6-13)23-4-2;1-2-4-3-5;/h7-13H,4-6H2,1-3H3,(H2,24,25,27);5-11H,3-4,21H2,1-2H3;2H2,1H3;1H4. The quantitative estimate of drug-likeness (QED) is 0.0668. The number of carbonyl (C=O) groups excluding carboxylic acids is 2. The highest BCUT2D eigenvalue weighted by molar-refractivity contribution is 5.99. The summed E-state index contributed by atoms with van der Waals surface area (Å²) in [6.45, 7) is 15.5. The lowest BCUT2D eigenvalue weighted by atomic mass is 10.1. The fourth-order valence-corrected chi connectivity index (χ4v) is 6.43. The first-order valence-electron chi connectivity index (χ1n) is 18.7. The molecular weight excluding hydrogens is 717 g/mol. The van der Waals surface area contributed by atoms with Gasteiger partial charge in [-0.15, -0.1) is 0 Å². The molecule has 2 aromatic heterocycles. The number of nitriles is 2. The minimum absolute atomic E-state index is 0. The molecule has 0 radical (unpaired) electrons. The van der Waals surface area contributed by atoms with Gasteiger partial charge in [0.25, 0.3) is 0 Å². The molecule has 6 rings (SSSR count). The number of aryl methyl sites for hydroxylation is 2. The highest BCUT2D eigenvalue weighted by atomic mass is 16.5. The molecular formula is C45H52N8O4. The third-order valence-corrected chi connectivity index (χ3v) is 8.70. The number of rotatable bonds is 11. The van der Waals surface area contributed by atoms with Gasteiger partial charge >= 0.3 is 6.03 Å². The van der Waals surface area contributed by atoms with Gasteiger partial charge in [-0.1, -0.05) is 7.43 Å². The summed E-state index contributed by atoms with van der Waals surface area (Å²) in [7, 11) is 0. The van der Waals surface area contributed by atoms with Gasteiger partial charge in [0.2, 0.25) is 6.08 Å². The molecule has 0 bridgehead atoms. The first-order chi connectivity index (χ1) is 27.2. The number of hydrogen-bond acceptors (Lipinski definition) is 8. The number of fused-ring (bicyclic) bond motifs is 2. The Kier molecular flexibility index (Phi) is 17.0. The lowest BCUT2D eigenvalue weighted by Crippen LogP contribution is -2.28. The number of amides is 2. The van der Waals surface area contributed by atoms with E-state index in [9.17, 15) is 15.3 Å². The Bertz CT molecular complexity index is 2390. The Hall–Kier alpha value is -7.01. The second kappa shape index (κ2) is 21.8. The Morgan fingerprint density at radius 3 is 1.58 bits per heavy atom. The van der Waals surface area contributed by atoms with Crippen molar-refractivity contribution in [2.75, 3.05) is 37.4 Å². The lowest BCUT2D eigenvalue weighted by molar-refractivity contribution is 0.252. The molecule has 2 amide bonds. The maximum absolute atomic E-state index is 11.8. The number of nitrogen functional groups attached to an aromatic ring is 1. The number of aliphatic imine (C=N–C) groups is 1. The zero-order chi connectivity index (χ0) is 40.6. The largest absolute Gasteiger partial charge is 0.494 e. The maximum atomic E-state index is 11.8. The fraction of sp³-hybridized carbons (Fsp3) is 0.289. The zero-order valence-corrected chi connectivity index (χ0v) is 32.8. The molecule has 12 nitrogen and oxygen atoms in total. The molecule has 4 aromatic carbocycles. The van der Waals surface area contributed by atoms with Crippen molar-refractivity contribution in [3.63, 3.8) is 0 Å². The van der Waals surface area contributed by atoms with E-state index in [0.29, 0.717) is 55.3 Å². The van der Waals surface area contributed by atoms with Gasteiger partial charge in [-0.3, -0.25) is 0 Å². The van der Waals surface area contributed by atoms with E-state index in [-0.39, 0.29) is 13.5 Å². The molecule has 0 aliphatic carbocycles. The number of benzene rings is 4. The van der Waals surface area contributed by atoms with Crippen molar-refractivity contribution in [1.82, 2.24) is 14.5 Å². The topological polar surface area (TPSA) is 172 Å². The summed E-state index contributed by atoms with van der Waals surface area (Å²) in [6.07, 6.45) is 1.39. The van der Waals surface area contributed by atoms with Crippen LogP contribution < -0.4 is 25.8 Å². The summed E-state index contributed by atoms with van der Waals surface area (Å²) in [5, 5.41) is 26.9. The van der Waals surface area contributed by atoms with E-state index in [1.165, 1.54) is 6.08 Å². The SMILES string of the molecule is C.CCN=C=O.CCNC(=O)Nc1ccc2c(C#N)c(-c3ccc(OCC)cc3)n(CC)c2c1.CCOc1ccc(-c2c(C#N)c3ccc(N)cc3n2CC)cc1. The van der Waals surface area contributed by atoms with Gasteiger partial charge < -0.3 is 35.0 Å². The van der Waals surface area contributed by atoms with E-state index in [4.69, 9.17) is 20.0 Å². The van der Waals surface area contributed by atoms with Gasteiger partial charge in [0, 0.05) is 48.3 Å². The maximum Gasteiger partial charge on any atom is 0.319 e. The molecule has 12 heteroatoms. The number of carbonyl (C=O) groups is 1. The van der Waals surface area contributed by atoms with E-state index in [2.05, 4.69) is 43.8 Å². The van der Waals surface area contributed by atoms with Crippen molar-refractivity contribution in [2.24, 2.45) is 4.99 Å². The summed E-state index contributed by atoms with van der Waals surface area (Å²) >= 11 is 0. The minimum Gasteiger partial charge on any atom is -0.494 e. The minimum atomic E-state index is -0.247. The zero-order valence-electron chi connectivity index (χ0n) is 32.8. The molecule has 0 spiro atoms. The van der Waals surface area contributed by atoms with Crippen LogP contribution in [0.3, 0.4) is 0 Å². The number of nitrogens with two attached hydrogens (primary N) is 1. The van der Waals surface area contributed by atoms with Crippen LogP contribution in [-0.4, -0.2) is 47.5 Å². The third kappa shape index (κ3) is 10.4. The predicted octanol–water partition coefficient (Wildman–Crippen LogP) is 9.90. The Balaban J connectivity index is 0.000000272. The Morgan fingerprint density at radius 2 is 1.19 bits per heavy atom. The smallest absolute Gasteiger partial charge is 0.319 e. The number of isocyanates is 1. The van der Waals surface area contributed by atoms with E-state index < -0.39 is 0 Å². The molecule has 0 atom stereocenters. The molecule has 0 unspecified atom stereocenters. The van der Waals surface area contributed by atoms with Gasteiger partial charge in [0.05, 0.1) is 46.8 Å². The molecule has 0 saturated heterocycles. The molecule has 296 valence electrons. The molecule has 57 heavy (non-hydrogen) atoms. The van der Waals surface area contributed by atoms with Crippen molar-refractivity contribution < 1.29 is 19.1 Å². The lowest BCUT2D eigenvalue weighted by Gasteiger charge is -2.11. The van der Waals surface area contributed by atoms with Crippen LogP contribution in [-0.2, 0) is 17.9 Å². The Morgan fingerprint density at radius 1 is 0.719 bits per heavy atom. The van der Waals surface area contributed by atoms with Gasteiger partial charge in [-0.2, -0.15) is 10.5 Å². The van der Waals surface area contributed by atoms with Crippen molar-refractivity contribution in [2.45, 2.75) is 62.1 Å². The van der Waals surface area contributed by atoms with Crippen LogP contribution in [0.1, 0.15) is 60.1 Å². The van der Waals surface area contributed by atoms with Crippen molar-refractivity contribution in [3.05, 3.63) is 96.1 Å². The average Bonchev–Trinajstić information content (AvgIpc) is 3.70. The van der Waals surface area contributed by atoms with Crippen LogP contribution in [0.15, 0.2) is 89.9 Å². The summed E-state index contributed by atoms with van der Waals surface area (Å²) in [6, 6.07) is 31.4. The number of nitrogens with zero attached hydrogens (tertiary/aromatic N) is 5. The van der Waals surface area contributed by atoms with E-state index in [0.717, 1.165) is 62.4 Å². The van der Waals surface area contributed by atoms with Gasteiger partial charge in [-0.05, 0) is 138 Å². The van der Waals surface area contributed by atoms with Crippen LogP contribution in [0.5, 0.6) is 11.5 Å². The summed E-state index contributed by atoms with van der Waals surface area (Å²) in [4.78, 5) is 24.1. The third-order valence-electron chi connectivity index (χ3n) is 8.70. The predicted molar refractivity (Wildman–Crippen MR) is 230 cm³/mol. The number of nitrogens with one attached hydrogen (secondary N) is 2. The van der Waals surface area contributed by atoms with Crippen LogP contribution in [0.25, 0.3) is 44.3 Å². The van der Waals surface area contributed by atoms with E-state index in [1.54, 1.807) is 6.92 Å². The highest BCUT2D eigenvalue weighted by Gasteiger charge is 2.20. The Labute approximate surface area is 335 Å². The van der Waals surface area contributed by atoms with Gasteiger partial charge in [0.15, 0.2) is 0 Å². The fourth-order valence-electron chi connectivity index (χ4n) is 6.43. The second-order valence-electron chi connectivity index (χ2n) is 12.1. The van der Waals surface area contributed by atoms with Crippen molar-refractivity contribution >= 4 is 45.3 Å². The molecule has 6 aromatic rings.